The molecule has 114 valence electrons. The van der Waals surface area contributed by atoms with Crippen LogP contribution < -0.4 is 15.4 Å². The van der Waals surface area contributed by atoms with Crippen LogP contribution in [0.5, 0.6) is 0 Å². The zero-order valence-electron chi connectivity index (χ0n) is 11.6. The fourth-order valence-electron chi connectivity index (χ4n) is 2.10. The lowest BCUT2D eigenvalue weighted by atomic mass is 10.2. The van der Waals surface area contributed by atoms with Crippen molar-refractivity contribution in [2.24, 2.45) is 0 Å². The van der Waals surface area contributed by atoms with Crippen LogP contribution in [0.15, 0.2) is 41.8 Å². The third kappa shape index (κ3) is 4.13. The second-order valence-electron chi connectivity index (χ2n) is 4.83. The summed E-state index contributed by atoms with van der Waals surface area (Å²) < 4.78 is 26.4. The van der Waals surface area contributed by atoms with Crippen LogP contribution in [0.2, 0.25) is 0 Å². The van der Waals surface area contributed by atoms with Crippen molar-refractivity contribution in [1.29, 1.82) is 0 Å². The third-order valence-electron chi connectivity index (χ3n) is 3.22. The summed E-state index contributed by atoms with van der Waals surface area (Å²) in [6, 6.07) is 6.09. The summed E-state index contributed by atoms with van der Waals surface area (Å²) in [5.74, 6) is -0.260. The lowest BCUT2D eigenvalue weighted by molar-refractivity contribution is 0.0940. The average molecular weight is 309 g/mol. The quantitative estimate of drug-likeness (QED) is 0.657. The predicted molar refractivity (Wildman–Crippen MR) is 80.6 cm³/mol. The van der Waals surface area contributed by atoms with E-state index >= 15 is 0 Å². The number of amides is 1. The highest BCUT2D eigenvalue weighted by Gasteiger charge is 2.19. The van der Waals surface area contributed by atoms with Crippen LogP contribution in [0.3, 0.4) is 0 Å². The minimum Gasteiger partial charge on any atom is -0.348 e. The van der Waals surface area contributed by atoms with Crippen LogP contribution in [-0.4, -0.2) is 40.0 Å². The molecule has 7 heteroatoms. The number of rotatable bonds is 6. The van der Waals surface area contributed by atoms with Crippen molar-refractivity contribution >= 4 is 15.9 Å². The van der Waals surface area contributed by atoms with Crippen LogP contribution in [0.25, 0.3) is 0 Å². The van der Waals surface area contributed by atoms with Gasteiger partial charge in [-0.2, -0.15) is 0 Å². The lowest BCUT2D eigenvalue weighted by Gasteiger charge is -2.12. The number of hydrogen-bond acceptors (Lipinski definition) is 4. The Morgan fingerprint density at radius 3 is 2.95 bits per heavy atom. The monoisotopic (exact) mass is 309 g/mol. The van der Waals surface area contributed by atoms with E-state index in [1.54, 1.807) is 12.1 Å². The SMILES string of the molecule is C=CCNS(=O)(=O)c1cccc(C(=O)NC2CCNC2)c1. The van der Waals surface area contributed by atoms with E-state index in [4.69, 9.17) is 0 Å². The highest BCUT2D eigenvalue weighted by atomic mass is 32.2. The Hall–Kier alpha value is -1.70. The highest BCUT2D eigenvalue weighted by molar-refractivity contribution is 7.89. The molecular formula is C14H19N3O3S. The van der Waals surface area contributed by atoms with Gasteiger partial charge in [0, 0.05) is 24.7 Å². The van der Waals surface area contributed by atoms with Gasteiger partial charge in [0.05, 0.1) is 4.90 Å². The Kier molecular flexibility index (Phi) is 5.11. The molecule has 1 heterocycles. The van der Waals surface area contributed by atoms with Crippen LogP contribution >= 0.6 is 0 Å². The number of sulfonamides is 1. The lowest BCUT2D eigenvalue weighted by Crippen LogP contribution is -2.36. The molecule has 21 heavy (non-hydrogen) atoms. The van der Waals surface area contributed by atoms with E-state index < -0.39 is 10.0 Å². The van der Waals surface area contributed by atoms with Crippen LogP contribution in [0, 0.1) is 0 Å². The van der Waals surface area contributed by atoms with Gasteiger partial charge in [-0.05, 0) is 31.2 Å². The molecule has 0 spiro atoms. The molecule has 1 aromatic rings. The molecule has 1 saturated heterocycles. The average Bonchev–Trinajstić information content (AvgIpc) is 2.98. The molecule has 1 amide bonds. The smallest absolute Gasteiger partial charge is 0.251 e. The fourth-order valence-corrected chi connectivity index (χ4v) is 3.15. The molecule has 0 saturated carbocycles. The summed E-state index contributed by atoms with van der Waals surface area (Å²) in [5, 5.41) is 6.04. The minimum absolute atomic E-state index is 0.0709. The van der Waals surface area contributed by atoms with Crippen LogP contribution in [0.4, 0.5) is 0 Å². The molecule has 1 unspecified atom stereocenters. The summed E-state index contributed by atoms with van der Waals surface area (Å²) in [6.07, 6.45) is 2.34. The maximum Gasteiger partial charge on any atom is 0.251 e. The molecule has 1 fully saturated rings. The highest BCUT2D eigenvalue weighted by Crippen LogP contribution is 2.12. The van der Waals surface area contributed by atoms with Crippen molar-refractivity contribution in [3.8, 4) is 0 Å². The molecule has 0 bridgehead atoms. The van der Waals surface area contributed by atoms with E-state index in [-0.39, 0.29) is 23.4 Å². The first kappa shape index (κ1) is 15.7. The number of carbonyl (C=O) groups is 1. The second-order valence-corrected chi connectivity index (χ2v) is 6.60. The second kappa shape index (κ2) is 6.84. The van der Waals surface area contributed by atoms with Gasteiger partial charge in [-0.25, -0.2) is 13.1 Å². The van der Waals surface area contributed by atoms with Gasteiger partial charge >= 0.3 is 0 Å². The van der Waals surface area contributed by atoms with Gasteiger partial charge in [0.2, 0.25) is 10.0 Å². The first-order valence-electron chi connectivity index (χ1n) is 6.75. The molecule has 1 aliphatic rings. The summed E-state index contributed by atoms with van der Waals surface area (Å²) >= 11 is 0. The Labute approximate surface area is 124 Å². The summed E-state index contributed by atoms with van der Waals surface area (Å²) in [7, 11) is -3.62. The molecule has 0 aromatic heterocycles. The third-order valence-corrected chi connectivity index (χ3v) is 4.64. The predicted octanol–water partition coefficient (Wildman–Crippen LogP) is 0.243. The molecule has 1 aromatic carbocycles. The van der Waals surface area contributed by atoms with Crippen molar-refractivity contribution in [3.05, 3.63) is 42.5 Å². The molecule has 0 radical (unpaired) electrons. The van der Waals surface area contributed by atoms with E-state index in [1.807, 2.05) is 0 Å². The number of benzene rings is 1. The van der Waals surface area contributed by atoms with Crippen LogP contribution in [0.1, 0.15) is 16.8 Å². The number of carbonyl (C=O) groups excluding carboxylic acids is 1. The normalized spacial score (nSPS) is 18.4. The van der Waals surface area contributed by atoms with Gasteiger partial charge in [-0.3, -0.25) is 4.79 Å². The van der Waals surface area contributed by atoms with E-state index in [0.717, 1.165) is 19.5 Å². The maximum atomic E-state index is 12.1. The molecule has 1 aliphatic heterocycles. The summed E-state index contributed by atoms with van der Waals surface area (Å²) in [5.41, 5.74) is 0.336. The largest absolute Gasteiger partial charge is 0.348 e. The maximum absolute atomic E-state index is 12.1. The number of nitrogens with one attached hydrogen (secondary N) is 3. The van der Waals surface area contributed by atoms with Crippen molar-refractivity contribution < 1.29 is 13.2 Å². The Balaban J connectivity index is 2.13. The summed E-state index contributed by atoms with van der Waals surface area (Å²) in [4.78, 5) is 12.2. The number of hydrogen-bond donors (Lipinski definition) is 3. The fraction of sp³-hybridized carbons (Fsp3) is 0.357. The Bertz CT molecular complexity index is 622. The van der Waals surface area contributed by atoms with Gasteiger partial charge in [0.15, 0.2) is 0 Å². The minimum atomic E-state index is -3.62. The zero-order valence-corrected chi connectivity index (χ0v) is 12.4. The molecule has 3 N–H and O–H groups in total. The van der Waals surface area contributed by atoms with E-state index in [2.05, 4.69) is 21.9 Å². The van der Waals surface area contributed by atoms with Crippen LogP contribution in [-0.2, 0) is 10.0 Å². The Morgan fingerprint density at radius 2 is 2.29 bits per heavy atom. The molecule has 6 nitrogen and oxygen atoms in total. The first-order chi connectivity index (χ1) is 10.0. The van der Waals surface area contributed by atoms with Gasteiger partial charge < -0.3 is 10.6 Å². The molecule has 2 rings (SSSR count). The van der Waals surface area contributed by atoms with Crippen molar-refractivity contribution in [3.63, 3.8) is 0 Å². The van der Waals surface area contributed by atoms with E-state index in [1.165, 1.54) is 18.2 Å². The zero-order chi connectivity index (χ0) is 15.3. The van der Waals surface area contributed by atoms with E-state index in [9.17, 15) is 13.2 Å². The Morgan fingerprint density at radius 1 is 1.48 bits per heavy atom. The van der Waals surface area contributed by atoms with Gasteiger partial charge in [0.1, 0.15) is 0 Å². The topological polar surface area (TPSA) is 87.3 Å². The van der Waals surface area contributed by atoms with Crippen molar-refractivity contribution in [1.82, 2.24) is 15.4 Å². The van der Waals surface area contributed by atoms with Gasteiger partial charge in [0.25, 0.3) is 5.91 Å². The molecule has 0 aliphatic carbocycles. The molecular weight excluding hydrogens is 290 g/mol. The molecule has 1 atom stereocenters. The van der Waals surface area contributed by atoms with Gasteiger partial charge in [-0.1, -0.05) is 12.1 Å². The van der Waals surface area contributed by atoms with E-state index in [0.29, 0.717) is 5.56 Å². The van der Waals surface area contributed by atoms with Crippen molar-refractivity contribution in [2.75, 3.05) is 19.6 Å². The standard InChI is InChI=1S/C14H19N3O3S/c1-2-7-16-21(19,20)13-5-3-4-11(9-13)14(18)17-12-6-8-15-10-12/h2-5,9,12,15-16H,1,6-8,10H2,(H,17,18). The first-order valence-corrected chi connectivity index (χ1v) is 8.23. The summed E-state index contributed by atoms with van der Waals surface area (Å²) in [6.45, 7) is 5.23. The van der Waals surface area contributed by atoms with Gasteiger partial charge in [-0.15, -0.1) is 6.58 Å². The van der Waals surface area contributed by atoms with Crippen molar-refractivity contribution in [2.45, 2.75) is 17.4 Å².